The molecule has 3 aliphatic rings. The molecule has 0 aromatic carbocycles. The van der Waals surface area contributed by atoms with Gasteiger partial charge >= 0.3 is 0 Å². The molecule has 5 rings (SSSR count). The molecule has 2 unspecified atom stereocenters. The van der Waals surface area contributed by atoms with Crippen LogP contribution in [-0.2, 0) is 19.1 Å². The van der Waals surface area contributed by atoms with Crippen molar-refractivity contribution in [3.63, 3.8) is 0 Å². The highest BCUT2D eigenvalue weighted by molar-refractivity contribution is 5.94. The Labute approximate surface area is 228 Å². The summed E-state index contributed by atoms with van der Waals surface area (Å²) in [6.45, 7) is 9.66. The number of nitrogens with zero attached hydrogens (tertiary/aromatic N) is 4. The minimum Gasteiger partial charge on any atom is -0.381 e. The average Bonchev–Trinajstić information content (AvgIpc) is 3.34. The van der Waals surface area contributed by atoms with Gasteiger partial charge in [-0.2, -0.15) is 5.26 Å². The molecule has 4 heterocycles. The van der Waals surface area contributed by atoms with E-state index in [1.807, 2.05) is 19.9 Å². The van der Waals surface area contributed by atoms with Gasteiger partial charge in [-0.25, -0.2) is 0 Å². The van der Waals surface area contributed by atoms with Crippen LogP contribution in [0.4, 0.5) is 0 Å². The lowest BCUT2D eigenvalue weighted by molar-refractivity contribution is -0.144. The van der Waals surface area contributed by atoms with Crippen molar-refractivity contribution < 1.29 is 19.1 Å². The molecule has 2 aromatic heterocycles. The summed E-state index contributed by atoms with van der Waals surface area (Å²) >= 11 is 0. The third-order valence-corrected chi connectivity index (χ3v) is 8.77. The number of nitrogens with one attached hydrogen (secondary N) is 2. The number of carbonyl (C=O) groups is 3. The van der Waals surface area contributed by atoms with Crippen molar-refractivity contribution in [1.82, 2.24) is 25.5 Å². The van der Waals surface area contributed by atoms with Crippen LogP contribution in [0.5, 0.6) is 0 Å². The normalized spacial score (nSPS) is 26.5. The first-order valence-electron chi connectivity index (χ1n) is 13.7. The smallest absolute Gasteiger partial charge is 0.246 e. The number of ether oxygens (including phenoxy) is 1. The Morgan fingerprint density at radius 2 is 2.05 bits per heavy atom. The van der Waals surface area contributed by atoms with Crippen molar-refractivity contribution >= 4 is 28.6 Å². The fraction of sp³-hybridized carbons (Fsp3) is 0.586. The second-order valence-corrected chi connectivity index (χ2v) is 12.0. The number of likely N-dealkylation sites (tertiary alicyclic amines) is 1. The molecule has 2 N–H and O–H groups in total. The minimum atomic E-state index is -0.976. The fourth-order valence-corrected chi connectivity index (χ4v) is 6.38. The van der Waals surface area contributed by atoms with Gasteiger partial charge in [0.25, 0.3) is 0 Å². The summed E-state index contributed by atoms with van der Waals surface area (Å²) in [6.07, 6.45) is 6.00. The van der Waals surface area contributed by atoms with Gasteiger partial charge in [0.2, 0.25) is 17.7 Å². The second kappa shape index (κ2) is 10.5. The van der Waals surface area contributed by atoms with Crippen LogP contribution in [0.1, 0.15) is 52.1 Å². The predicted octanol–water partition coefficient (Wildman–Crippen LogP) is 2.36. The van der Waals surface area contributed by atoms with E-state index in [-0.39, 0.29) is 46.8 Å². The maximum atomic E-state index is 13.9. The van der Waals surface area contributed by atoms with Crippen molar-refractivity contribution in [2.75, 3.05) is 19.8 Å². The van der Waals surface area contributed by atoms with Gasteiger partial charge in [-0.05, 0) is 47.6 Å². The van der Waals surface area contributed by atoms with Crippen LogP contribution < -0.4 is 10.6 Å². The van der Waals surface area contributed by atoms with Crippen LogP contribution in [0.3, 0.4) is 0 Å². The molecule has 2 saturated heterocycles. The van der Waals surface area contributed by atoms with Gasteiger partial charge in [0, 0.05) is 55.7 Å². The summed E-state index contributed by atoms with van der Waals surface area (Å²) in [5.74, 6) is -0.656. The summed E-state index contributed by atoms with van der Waals surface area (Å²) in [5.41, 5.74) is 1.01. The first-order valence-corrected chi connectivity index (χ1v) is 13.7. The molecule has 10 nitrogen and oxygen atoms in total. The van der Waals surface area contributed by atoms with E-state index in [0.717, 1.165) is 11.8 Å². The van der Waals surface area contributed by atoms with E-state index in [4.69, 9.17) is 4.74 Å². The highest BCUT2D eigenvalue weighted by Gasteiger charge is 2.69. The number of pyridine rings is 2. The molecule has 3 fully saturated rings. The lowest BCUT2D eigenvalue weighted by Crippen LogP contribution is -2.57. The van der Waals surface area contributed by atoms with Crippen molar-refractivity contribution in [3.05, 3.63) is 36.3 Å². The van der Waals surface area contributed by atoms with E-state index in [0.29, 0.717) is 37.3 Å². The number of aromatic nitrogens is 2. The molecule has 1 saturated carbocycles. The molecule has 0 radical (unpaired) electrons. The Morgan fingerprint density at radius 3 is 2.74 bits per heavy atom. The van der Waals surface area contributed by atoms with Gasteiger partial charge in [-0.3, -0.25) is 24.4 Å². The van der Waals surface area contributed by atoms with Gasteiger partial charge in [0.1, 0.15) is 18.1 Å². The molecule has 3 amide bonds. The maximum absolute atomic E-state index is 13.9. The number of amides is 3. The second-order valence-electron chi connectivity index (χ2n) is 12.0. The van der Waals surface area contributed by atoms with E-state index >= 15 is 0 Å². The SMILES string of the molecule is CC(C)[C@H](NC(=O)CC1CCOC1)C(=O)N1C[C@H]2[C@@H]([C@H]1C(=O)NC(C#N)c1cncc3cccnc13)C2(C)C. The zero-order valence-electron chi connectivity index (χ0n) is 22.9. The molecule has 0 bridgehead atoms. The van der Waals surface area contributed by atoms with E-state index < -0.39 is 18.1 Å². The number of nitriles is 1. The van der Waals surface area contributed by atoms with Crippen molar-refractivity contribution in [1.29, 1.82) is 5.26 Å². The van der Waals surface area contributed by atoms with E-state index in [1.165, 1.54) is 0 Å². The number of hydrogen-bond donors (Lipinski definition) is 2. The van der Waals surface area contributed by atoms with Gasteiger partial charge in [0.15, 0.2) is 0 Å². The molecular formula is C29H36N6O4. The van der Waals surface area contributed by atoms with Gasteiger partial charge < -0.3 is 20.3 Å². The highest BCUT2D eigenvalue weighted by Crippen LogP contribution is 2.65. The van der Waals surface area contributed by atoms with E-state index in [2.05, 4.69) is 40.5 Å². The van der Waals surface area contributed by atoms with Crippen LogP contribution in [-0.4, -0.2) is 64.4 Å². The number of piperidine rings is 1. The lowest BCUT2D eigenvalue weighted by Gasteiger charge is -2.34. The number of fused-ring (bicyclic) bond motifs is 2. The predicted molar refractivity (Wildman–Crippen MR) is 143 cm³/mol. The van der Waals surface area contributed by atoms with Crippen LogP contribution in [0.15, 0.2) is 30.7 Å². The Morgan fingerprint density at radius 1 is 1.26 bits per heavy atom. The summed E-state index contributed by atoms with van der Waals surface area (Å²) in [5, 5.41) is 16.6. The zero-order valence-corrected chi connectivity index (χ0v) is 22.9. The van der Waals surface area contributed by atoms with Crippen LogP contribution >= 0.6 is 0 Å². The molecule has 6 atom stereocenters. The van der Waals surface area contributed by atoms with E-state index in [1.54, 1.807) is 29.6 Å². The average molecular weight is 533 g/mol. The standard InChI is InChI=1S/C29H36N6O4/c1-16(2)24(34-22(36)10-17-7-9-39-15-17)28(38)35-14-20-23(29(20,3)4)26(35)27(37)33-21(11-30)19-13-31-12-18-6-5-8-32-25(18)19/h5-6,8,12-13,16-17,20-21,23-24,26H,7,9-10,14-15H2,1-4H3,(H,33,37)(H,34,36)/t17?,20-,21?,23-,24-,26-/m0/s1. The van der Waals surface area contributed by atoms with Crippen molar-refractivity contribution in [3.8, 4) is 6.07 Å². The third kappa shape index (κ3) is 5.08. The van der Waals surface area contributed by atoms with Gasteiger partial charge in [0.05, 0.1) is 11.6 Å². The molecule has 1 aliphatic carbocycles. The molecule has 39 heavy (non-hydrogen) atoms. The number of rotatable bonds is 8. The van der Waals surface area contributed by atoms with Crippen molar-refractivity contribution in [2.24, 2.45) is 29.1 Å². The summed E-state index contributed by atoms with van der Waals surface area (Å²) in [4.78, 5) is 50.7. The zero-order chi connectivity index (χ0) is 27.9. The largest absolute Gasteiger partial charge is 0.381 e. The molecule has 2 aromatic rings. The number of hydrogen-bond acceptors (Lipinski definition) is 7. The maximum Gasteiger partial charge on any atom is 0.246 e. The highest BCUT2D eigenvalue weighted by atomic mass is 16.5. The topological polar surface area (TPSA) is 137 Å². The Balaban J connectivity index is 1.35. The van der Waals surface area contributed by atoms with Gasteiger partial charge in [-0.1, -0.05) is 27.7 Å². The number of carbonyl (C=O) groups excluding carboxylic acids is 3. The quantitative estimate of drug-likeness (QED) is 0.532. The minimum absolute atomic E-state index is 0.0243. The Hall–Kier alpha value is -3.58. The van der Waals surface area contributed by atoms with Crippen LogP contribution in [0, 0.1) is 40.4 Å². The monoisotopic (exact) mass is 532 g/mol. The first-order chi connectivity index (χ1) is 18.6. The van der Waals surface area contributed by atoms with Crippen LogP contribution in [0.25, 0.3) is 10.9 Å². The summed E-state index contributed by atoms with van der Waals surface area (Å²) in [7, 11) is 0. The molecule has 206 valence electrons. The van der Waals surface area contributed by atoms with Crippen LogP contribution in [0.2, 0.25) is 0 Å². The fourth-order valence-electron chi connectivity index (χ4n) is 6.38. The molecule has 2 aliphatic heterocycles. The Kier molecular flexibility index (Phi) is 7.29. The molecular weight excluding hydrogens is 496 g/mol. The third-order valence-electron chi connectivity index (χ3n) is 8.77. The first kappa shape index (κ1) is 27.0. The van der Waals surface area contributed by atoms with Crippen molar-refractivity contribution in [2.45, 2.75) is 58.7 Å². The Bertz CT molecular complexity index is 1310. The molecule has 10 heteroatoms. The van der Waals surface area contributed by atoms with Gasteiger partial charge in [-0.15, -0.1) is 0 Å². The summed E-state index contributed by atoms with van der Waals surface area (Å²) < 4.78 is 5.38. The lowest BCUT2D eigenvalue weighted by atomic mass is 9.96. The molecule has 0 spiro atoms. The summed E-state index contributed by atoms with van der Waals surface area (Å²) in [6, 6.07) is 3.37. The van der Waals surface area contributed by atoms with E-state index in [9.17, 15) is 19.6 Å².